The third kappa shape index (κ3) is 3.63. The van der Waals surface area contributed by atoms with Crippen LogP contribution in [0.5, 0.6) is 0 Å². The zero-order chi connectivity index (χ0) is 10.2. The van der Waals surface area contributed by atoms with Gasteiger partial charge < -0.3 is 0 Å². The number of rotatable bonds is 4. The maximum atomic E-state index is 7.75. The Kier molecular flexibility index (Phi) is 3.33. The molecule has 0 fully saturated rings. The molecule has 0 aliphatic rings. The normalized spacial score (nSPS) is 13.8. The minimum atomic E-state index is 0.409. The van der Waals surface area contributed by atoms with Crippen LogP contribution in [0.25, 0.3) is 6.05 Å². The van der Waals surface area contributed by atoms with E-state index in [1.54, 1.807) is 11.8 Å². The summed E-state index contributed by atoms with van der Waals surface area (Å²) in [5.74, 6) is 0.929. The molecule has 0 bridgehead atoms. The van der Waals surface area contributed by atoms with Gasteiger partial charge in [0.05, 0.1) is 1.37 Å². The second kappa shape index (κ2) is 5.90. The Bertz CT molecular complexity index is 283. The molecule has 64 valence electrons. The van der Waals surface area contributed by atoms with E-state index in [4.69, 9.17) is 2.74 Å². The quantitative estimate of drug-likeness (QED) is 0.639. The summed E-state index contributed by atoms with van der Waals surface area (Å²) in [6.07, 6.45) is 3.20. The van der Waals surface area contributed by atoms with Gasteiger partial charge in [-0.05, 0) is 24.0 Å². The van der Waals surface area contributed by atoms with Crippen LogP contribution in [-0.2, 0) is 0 Å². The number of hydrogen-bond acceptors (Lipinski definition) is 1. The largest absolute Gasteiger partial charge is 0.165 e. The second-order valence-electron chi connectivity index (χ2n) is 2.41. The van der Waals surface area contributed by atoms with E-state index in [2.05, 4.69) is 0 Å². The number of thioether (sulfide) groups is 1. The Labute approximate surface area is 81.5 Å². The Hall–Kier alpha value is -0.690. The summed E-state index contributed by atoms with van der Waals surface area (Å²) in [6.45, 7) is 0. The van der Waals surface area contributed by atoms with Crippen LogP contribution in [-0.4, -0.2) is 12.0 Å². The molecule has 0 saturated carbocycles. The molecule has 12 heavy (non-hydrogen) atoms. The van der Waals surface area contributed by atoms with E-state index in [0.29, 0.717) is 12.3 Å². The zero-order valence-electron chi connectivity index (χ0n) is 8.99. The molecule has 0 aromatic heterocycles. The molecule has 1 aromatic rings. The molecule has 0 saturated heterocycles. The van der Waals surface area contributed by atoms with Gasteiger partial charge >= 0.3 is 0 Å². The minimum Gasteiger partial charge on any atom is -0.165 e. The van der Waals surface area contributed by atoms with Crippen LogP contribution in [0.2, 0.25) is 0 Å². The smallest absolute Gasteiger partial charge is 0.0626 e. The van der Waals surface area contributed by atoms with Crippen molar-refractivity contribution < 1.29 is 2.74 Å². The van der Waals surface area contributed by atoms with Gasteiger partial charge in [-0.1, -0.05) is 42.5 Å². The van der Waals surface area contributed by atoms with Crippen LogP contribution < -0.4 is 0 Å². The average molecular weight is 180 g/mol. The van der Waals surface area contributed by atoms with Crippen molar-refractivity contribution in [1.29, 1.82) is 0 Å². The lowest BCUT2D eigenvalue weighted by Gasteiger charge is -1.91. The topological polar surface area (TPSA) is 0 Å². The van der Waals surface area contributed by atoms with Gasteiger partial charge in [-0.25, -0.2) is 0 Å². The predicted octanol–water partition coefficient (Wildman–Crippen LogP) is 3.45. The van der Waals surface area contributed by atoms with Crippen LogP contribution in [0.3, 0.4) is 0 Å². The molecule has 0 unspecified atom stereocenters. The van der Waals surface area contributed by atoms with Crippen LogP contribution in [0.1, 0.15) is 14.7 Å². The molecule has 0 spiro atoms. The van der Waals surface area contributed by atoms with Gasteiger partial charge in [0, 0.05) is 1.37 Å². The molecule has 0 atom stereocenters. The standard InChI is InChI=1S/C11H14S/c1-12-10-6-5-9-11-7-3-2-4-8-11/h2-5,7-9H,6,10H2,1H3/b9-5+/i1D,9D. The van der Waals surface area contributed by atoms with Crippen molar-refractivity contribution in [3.05, 3.63) is 42.0 Å². The molecule has 1 heteroatoms. The first-order valence-corrected chi connectivity index (χ1v) is 5.09. The van der Waals surface area contributed by atoms with Gasteiger partial charge in [0.1, 0.15) is 0 Å². The average Bonchev–Trinajstić information content (AvgIpc) is 2.25. The molecule has 0 aliphatic heterocycles. The van der Waals surface area contributed by atoms with E-state index in [1.807, 2.05) is 36.4 Å². The van der Waals surface area contributed by atoms with Gasteiger partial charge in [0.25, 0.3) is 0 Å². The molecular formula is C11H14S. The SMILES string of the molecule is [2H]CSCC/C=C(\[2H])c1ccccc1. The zero-order valence-corrected chi connectivity index (χ0v) is 7.81. The van der Waals surface area contributed by atoms with E-state index in [9.17, 15) is 0 Å². The van der Waals surface area contributed by atoms with Crippen molar-refractivity contribution in [2.45, 2.75) is 6.42 Å². The summed E-state index contributed by atoms with van der Waals surface area (Å²) >= 11 is 1.58. The van der Waals surface area contributed by atoms with E-state index in [1.165, 1.54) is 0 Å². The van der Waals surface area contributed by atoms with Gasteiger partial charge in [-0.2, -0.15) is 11.8 Å². The van der Waals surface area contributed by atoms with Crippen molar-refractivity contribution in [3.63, 3.8) is 0 Å². The summed E-state index contributed by atoms with van der Waals surface area (Å²) < 4.78 is 14.7. The number of allylic oxidation sites excluding steroid dienone is 1. The van der Waals surface area contributed by atoms with Gasteiger partial charge in [-0.15, -0.1) is 0 Å². The van der Waals surface area contributed by atoms with Crippen molar-refractivity contribution in [3.8, 4) is 0 Å². The van der Waals surface area contributed by atoms with Crippen LogP contribution in [0.15, 0.2) is 36.4 Å². The molecule has 0 heterocycles. The molecule has 0 radical (unpaired) electrons. The lowest BCUT2D eigenvalue weighted by molar-refractivity contribution is 1.26. The highest BCUT2D eigenvalue weighted by Crippen LogP contribution is 2.03. The number of benzene rings is 1. The monoisotopic (exact) mass is 180 g/mol. The highest BCUT2D eigenvalue weighted by atomic mass is 32.2. The number of hydrogen-bond donors (Lipinski definition) is 0. The third-order valence-corrected chi connectivity index (χ3v) is 1.97. The highest BCUT2D eigenvalue weighted by molar-refractivity contribution is 7.98. The molecular weight excluding hydrogens is 164 g/mol. The van der Waals surface area contributed by atoms with E-state index in [0.717, 1.165) is 17.7 Å². The Balaban J connectivity index is 2.44. The van der Waals surface area contributed by atoms with Gasteiger partial charge in [0.15, 0.2) is 0 Å². The first-order chi connectivity index (χ1) is 6.84. The fourth-order valence-electron chi connectivity index (χ4n) is 0.867. The van der Waals surface area contributed by atoms with E-state index in [-0.39, 0.29) is 0 Å². The van der Waals surface area contributed by atoms with Crippen molar-refractivity contribution in [1.82, 2.24) is 0 Å². The molecule has 0 N–H and O–H groups in total. The summed E-state index contributed by atoms with van der Waals surface area (Å²) in [5.41, 5.74) is 0.961. The molecule has 0 amide bonds. The summed E-state index contributed by atoms with van der Waals surface area (Å²) in [7, 11) is 0. The van der Waals surface area contributed by atoms with E-state index >= 15 is 0 Å². The fourth-order valence-corrected chi connectivity index (χ4v) is 1.15. The van der Waals surface area contributed by atoms with Crippen molar-refractivity contribution in [2.24, 2.45) is 0 Å². The third-order valence-electron chi connectivity index (χ3n) is 1.45. The molecule has 0 aliphatic carbocycles. The first-order valence-electron chi connectivity index (χ1n) is 5.14. The van der Waals surface area contributed by atoms with Gasteiger partial charge in [0.2, 0.25) is 0 Å². The van der Waals surface area contributed by atoms with Crippen molar-refractivity contribution in [2.75, 3.05) is 12.0 Å². The maximum Gasteiger partial charge on any atom is 0.0626 e. The molecule has 0 nitrogen and oxygen atoms in total. The Morgan fingerprint density at radius 3 is 3.08 bits per heavy atom. The summed E-state index contributed by atoms with van der Waals surface area (Å²) in [5, 5.41) is 0. The maximum absolute atomic E-state index is 7.75. The summed E-state index contributed by atoms with van der Waals surface area (Å²) in [4.78, 5) is 0. The first kappa shape index (κ1) is 6.79. The van der Waals surface area contributed by atoms with Crippen LogP contribution in [0.4, 0.5) is 0 Å². The van der Waals surface area contributed by atoms with Crippen LogP contribution in [0, 0.1) is 0 Å². The lowest BCUT2D eigenvalue weighted by Crippen LogP contribution is -1.72. The summed E-state index contributed by atoms with van der Waals surface area (Å²) in [6, 6.07) is 10.3. The van der Waals surface area contributed by atoms with Crippen LogP contribution >= 0.6 is 11.8 Å². The minimum absolute atomic E-state index is 0.409. The predicted molar refractivity (Wildman–Crippen MR) is 58.5 cm³/mol. The highest BCUT2D eigenvalue weighted by Gasteiger charge is 1.82. The van der Waals surface area contributed by atoms with Gasteiger partial charge in [-0.3, -0.25) is 0 Å². The second-order valence-corrected chi connectivity index (χ2v) is 3.23. The Morgan fingerprint density at radius 1 is 1.50 bits per heavy atom. The van der Waals surface area contributed by atoms with E-state index < -0.39 is 0 Å². The molecule has 1 aromatic carbocycles. The lowest BCUT2D eigenvalue weighted by atomic mass is 10.2. The Morgan fingerprint density at radius 2 is 2.33 bits per heavy atom. The fraction of sp³-hybridized carbons (Fsp3) is 0.273. The van der Waals surface area contributed by atoms with Crippen molar-refractivity contribution >= 4 is 17.8 Å². The molecule has 1 rings (SSSR count).